The molecule has 6 nitrogen and oxygen atoms in total. The van der Waals surface area contributed by atoms with Crippen molar-refractivity contribution < 1.29 is 17.9 Å². The molecule has 0 saturated heterocycles. The molecule has 0 atom stereocenters. The maximum absolute atomic E-state index is 11.6. The van der Waals surface area contributed by atoms with E-state index in [4.69, 9.17) is 0 Å². The number of carbonyl (C=O) groups excluding carboxylic acids is 1. The smallest absolute Gasteiger partial charge is 0.422 e. The number of rotatable bonds is 3. The van der Waals surface area contributed by atoms with Gasteiger partial charge < -0.3 is 4.74 Å². The van der Waals surface area contributed by atoms with Gasteiger partial charge in [0.2, 0.25) is 0 Å². The molecule has 2 N–H and O–H groups in total. The van der Waals surface area contributed by atoms with E-state index in [1.807, 2.05) is 10.3 Å². The van der Waals surface area contributed by atoms with E-state index in [0.29, 0.717) is 4.47 Å². The molecule has 0 fully saturated rings. The molecule has 0 aliphatic carbocycles. The largest absolute Gasteiger partial charge is 0.452 e. The van der Waals surface area contributed by atoms with Crippen LogP contribution in [-0.4, -0.2) is 21.6 Å². The number of sulfonamides is 1. The number of ether oxygens (including phenoxy) is 1. The fourth-order valence-corrected chi connectivity index (χ4v) is 2.28. The number of hydrazine groups is 1. The van der Waals surface area contributed by atoms with Crippen LogP contribution in [0.4, 0.5) is 4.79 Å². The first-order chi connectivity index (χ1) is 7.45. The molecule has 0 heterocycles. The van der Waals surface area contributed by atoms with Crippen LogP contribution in [0, 0.1) is 0 Å². The highest BCUT2D eigenvalue weighted by molar-refractivity contribution is 9.10. The summed E-state index contributed by atoms with van der Waals surface area (Å²) in [4.78, 5) is 12.6. The van der Waals surface area contributed by atoms with Crippen molar-refractivity contribution in [2.45, 2.75) is 4.90 Å². The molecule has 0 saturated carbocycles. The summed E-state index contributed by atoms with van der Waals surface area (Å²) in [5.74, 6) is 0. The van der Waals surface area contributed by atoms with E-state index in [1.165, 1.54) is 12.1 Å². The summed E-state index contributed by atoms with van der Waals surface area (Å²) in [5, 5.41) is 0. The van der Waals surface area contributed by atoms with Gasteiger partial charge in [-0.2, -0.15) is 0 Å². The van der Waals surface area contributed by atoms with Crippen molar-refractivity contribution >= 4 is 32.0 Å². The van der Waals surface area contributed by atoms with Crippen LogP contribution in [0.5, 0.6) is 0 Å². The van der Waals surface area contributed by atoms with Gasteiger partial charge in [-0.3, -0.25) is 0 Å². The Hall–Kier alpha value is -1.12. The minimum atomic E-state index is -3.78. The Bertz CT molecular complexity index is 489. The molecule has 88 valence electrons. The van der Waals surface area contributed by atoms with Gasteiger partial charge in [0.25, 0.3) is 10.0 Å². The molecule has 1 aromatic carbocycles. The minimum Gasteiger partial charge on any atom is -0.452 e. The summed E-state index contributed by atoms with van der Waals surface area (Å²) in [5.41, 5.74) is 1.88. The highest BCUT2D eigenvalue weighted by Crippen LogP contribution is 2.15. The highest BCUT2D eigenvalue weighted by Gasteiger charge is 2.14. The second-order valence-electron chi connectivity index (χ2n) is 2.68. The van der Waals surface area contributed by atoms with Gasteiger partial charge in [-0.25, -0.2) is 18.6 Å². The van der Waals surface area contributed by atoms with Gasteiger partial charge in [0.15, 0.2) is 0 Å². The molecule has 16 heavy (non-hydrogen) atoms. The Labute approximate surface area is 101 Å². The number of halogens is 1. The topological polar surface area (TPSA) is 84.5 Å². The summed E-state index contributed by atoms with van der Waals surface area (Å²) < 4.78 is 28.0. The molecule has 0 aliphatic rings. The van der Waals surface area contributed by atoms with Crippen molar-refractivity contribution in [3.8, 4) is 0 Å². The number of amides is 1. The molecule has 8 heteroatoms. The van der Waals surface area contributed by atoms with Gasteiger partial charge in [-0.05, 0) is 18.2 Å². The van der Waals surface area contributed by atoms with Crippen LogP contribution >= 0.6 is 15.9 Å². The van der Waals surface area contributed by atoms with Crippen LogP contribution in [0.25, 0.3) is 0 Å². The van der Waals surface area contributed by atoms with Gasteiger partial charge >= 0.3 is 6.09 Å². The lowest BCUT2D eigenvalue weighted by molar-refractivity contribution is 0.169. The summed E-state index contributed by atoms with van der Waals surface area (Å²) in [6.45, 7) is 0. The third-order valence-electron chi connectivity index (χ3n) is 1.58. The Morgan fingerprint density at radius 2 is 2.12 bits per heavy atom. The third-order valence-corrected chi connectivity index (χ3v) is 3.32. The summed E-state index contributed by atoms with van der Waals surface area (Å²) >= 11 is 3.14. The van der Waals surface area contributed by atoms with E-state index in [9.17, 15) is 13.2 Å². The average molecular weight is 309 g/mol. The van der Waals surface area contributed by atoms with E-state index in [0.717, 1.165) is 7.11 Å². The second-order valence-corrected chi connectivity index (χ2v) is 5.28. The summed E-state index contributed by atoms with van der Waals surface area (Å²) in [7, 11) is -2.65. The Kier molecular flexibility index (Phi) is 4.27. The van der Waals surface area contributed by atoms with Crippen molar-refractivity contribution in [2.75, 3.05) is 7.11 Å². The number of hydrogen-bond acceptors (Lipinski definition) is 4. The first kappa shape index (κ1) is 12.9. The van der Waals surface area contributed by atoms with Gasteiger partial charge in [0.05, 0.1) is 12.0 Å². The predicted octanol–water partition coefficient (Wildman–Crippen LogP) is 0.998. The quantitative estimate of drug-likeness (QED) is 0.816. The molecule has 0 aliphatic heterocycles. The second kappa shape index (κ2) is 5.28. The normalized spacial score (nSPS) is 10.9. The number of nitrogens with one attached hydrogen (secondary N) is 2. The average Bonchev–Trinajstić information content (AvgIpc) is 2.26. The lowest BCUT2D eigenvalue weighted by Gasteiger charge is -2.07. The van der Waals surface area contributed by atoms with Crippen LogP contribution in [-0.2, 0) is 14.8 Å². The van der Waals surface area contributed by atoms with Crippen molar-refractivity contribution in [1.82, 2.24) is 10.3 Å². The van der Waals surface area contributed by atoms with Crippen LogP contribution < -0.4 is 10.3 Å². The molecule has 1 rings (SSSR count). The summed E-state index contributed by atoms with van der Waals surface area (Å²) in [6, 6.07) is 6.05. The van der Waals surface area contributed by atoms with Gasteiger partial charge in [-0.15, -0.1) is 4.83 Å². The van der Waals surface area contributed by atoms with Crippen LogP contribution in [0.2, 0.25) is 0 Å². The Balaban J connectivity index is 2.82. The van der Waals surface area contributed by atoms with Crippen LogP contribution in [0.1, 0.15) is 0 Å². The van der Waals surface area contributed by atoms with Crippen molar-refractivity contribution in [3.63, 3.8) is 0 Å². The number of benzene rings is 1. The highest BCUT2D eigenvalue weighted by atomic mass is 79.9. The lowest BCUT2D eigenvalue weighted by atomic mass is 10.4. The Morgan fingerprint density at radius 1 is 1.44 bits per heavy atom. The zero-order chi connectivity index (χ0) is 12.2. The van der Waals surface area contributed by atoms with Gasteiger partial charge in [0.1, 0.15) is 0 Å². The number of methoxy groups -OCH3 is 1. The fraction of sp³-hybridized carbons (Fsp3) is 0.125. The molecule has 1 amide bonds. The predicted molar refractivity (Wildman–Crippen MR) is 60.0 cm³/mol. The van der Waals surface area contributed by atoms with Crippen molar-refractivity contribution in [3.05, 3.63) is 28.7 Å². The first-order valence-electron chi connectivity index (χ1n) is 4.07. The standard InChI is InChI=1S/C8H9BrN2O4S/c1-15-8(12)10-11-16(13,14)7-4-2-3-6(9)5-7/h2-5,11H,1H3,(H,10,12). The van der Waals surface area contributed by atoms with Crippen molar-refractivity contribution in [1.29, 1.82) is 0 Å². The van der Waals surface area contributed by atoms with Crippen LogP contribution in [0.3, 0.4) is 0 Å². The molecule has 0 bridgehead atoms. The molecule has 0 spiro atoms. The molecule has 0 aromatic heterocycles. The zero-order valence-corrected chi connectivity index (χ0v) is 10.6. The van der Waals surface area contributed by atoms with Crippen LogP contribution in [0.15, 0.2) is 33.6 Å². The molecular weight excluding hydrogens is 300 g/mol. The zero-order valence-electron chi connectivity index (χ0n) is 8.23. The number of carbonyl (C=O) groups is 1. The molecule has 0 radical (unpaired) electrons. The fourth-order valence-electron chi connectivity index (χ4n) is 0.853. The molecule has 1 aromatic rings. The van der Waals surface area contributed by atoms with E-state index >= 15 is 0 Å². The number of hydrogen-bond donors (Lipinski definition) is 2. The van der Waals surface area contributed by atoms with Gasteiger partial charge in [0, 0.05) is 4.47 Å². The monoisotopic (exact) mass is 308 g/mol. The van der Waals surface area contributed by atoms with E-state index in [-0.39, 0.29) is 4.90 Å². The minimum absolute atomic E-state index is 0.0262. The maximum Gasteiger partial charge on any atom is 0.422 e. The third kappa shape index (κ3) is 3.47. The maximum atomic E-state index is 11.6. The molecule has 0 unspecified atom stereocenters. The Morgan fingerprint density at radius 3 is 2.69 bits per heavy atom. The van der Waals surface area contributed by atoms with E-state index < -0.39 is 16.1 Å². The van der Waals surface area contributed by atoms with E-state index in [1.54, 1.807) is 12.1 Å². The van der Waals surface area contributed by atoms with Gasteiger partial charge in [-0.1, -0.05) is 22.0 Å². The SMILES string of the molecule is COC(=O)NNS(=O)(=O)c1cccc(Br)c1. The van der Waals surface area contributed by atoms with Crippen molar-refractivity contribution in [2.24, 2.45) is 0 Å². The lowest BCUT2D eigenvalue weighted by Crippen LogP contribution is -2.41. The first-order valence-corrected chi connectivity index (χ1v) is 6.34. The van der Waals surface area contributed by atoms with E-state index in [2.05, 4.69) is 20.7 Å². The summed E-state index contributed by atoms with van der Waals surface area (Å²) in [6.07, 6.45) is -0.890. The molecular formula is C8H9BrN2O4S.